The van der Waals surface area contributed by atoms with Crippen molar-refractivity contribution in [1.29, 1.82) is 5.26 Å². The molecule has 0 aliphatic heterocycles. The van der Waals surface area contributed by atoms with Gasteiger partial charge in [0.2, 0.25) is 0 Å². The van der Waals surface area contributed by atoms with Crippen LogP contribution in [0.25, 0.3) is 0 Å². The highest BCUT2D eigenvalue weighted by atomic mass is 16.5. The van der Waals surface area contributed by atoms with Crippen molar-refractivity contribution < 1.29 is 19.7 Å². The van der Waals surface area contributed by atoms with E-state index in [2.05, 4.69) is 0 Å². The summed E-state index contributed by atoms with van der Waals surface area (Å²) < 4.78 is 4.88. The molecule has 6 nitrogen and oxygen atoms in total. The third kappa shape index (κ3) is 2.04. The van der Waals surface area contributed by atoms with Gasteiger partial charge in [-0.1, -0.05) is 0 Å². The van der Waals surface area contributed by atoms with Crippen LogP contribution in [0, 0.1) is 11.3 Å². The Morgan fingerprint density at radius 2 is 2.25 bits per heavy atom. The number of nitrogens with two attached hydrogens (primary N) is 1. The van der Waals surface area contributed by atoms with Crippen molar-refractivity contribution in [2.75, 3.05) is 7.11 Å². The SMILES string of the molecule is COc1cc(O)c(C#N)cc1C(N)C(=O)O. The van der Waals surface area contributed by atoms with Gasteiger partial charge in [0.05, 0.1) is 12.7 Å². The number of carboxylic acids is 1. The van der Waals surface area contributed by atoms with Crippen molar-refractivity contribution in [2.45, 2.75) is 6.04 Å². The average molecular weight is 222 g/mol. The Hall–Kier alpha value is -2.26. The number of phenolic OH excluding ortho intramolecular Hbond substituents is 1. The molecule has 0 heterocycles. The summed E-state index contributed by atoms with van der Waals surface area (Å²) in [4.78, 5) is 10.7. The molecule has 0 amide bonds. The van der Waals surface area contributed by atoms with E-state index in [-0.39, 0.29) is 22.6 Å². The standard InChI is InChI=1S/C10H10N2O4/c1-16-8-3-7(13)5(4-11)2-6(8)9(12)10(14)15/h2-3,9,13H,12H2,1H3,(H,14,15). The van der Waals surface area contributed by atoms with Crippen molar-refractivity contribution in [3.63, 3.8) is 0 Å². The number of aliphatic carboxylic acids is 1. The predicted molar refractivity (Wildman–Crippen MR) is 53.9 cm³/mol. The van der Waals surface area contributed by atoms with Crippen LogP contribution in [0.15, 0.2) is 12.1 Å². The molecule has 1 aromatic carbocycles. The van der Waals surface area contributed by atoms with Crippen molar-refractivity contribution in [1.82, 2.24) is 0 Å². The van der Waals surface area contributed by atoms with Gasteiger partial charge in [-0.15, -0.1) is 0 Å². The second-order valence-electron chi connectivity index (χ2n) is 3.04. The van der Waals surface area contributed by atoms with Crippen LogP contribution < -0.4 is 10.5 Å². The summed E-state index contributed by atoms with van der Waals surface area (Å²) in [5.41, 5.74) is 5.51. The molecule has 84 valence electrons. The second kappa shape index (κ2) is 4.51. The van der Waals surface area contributed by atoms with Crippen LogP contribution in [-0.4, -0.2) is 23.3 Å². The Kier molecular flexibility index (Phi) is 3.33. The van der Waals surface area contributed by atoms with Gasteiger partial charge in [-0.2, -0.15) is 5.26 Å². The van der Waals surface area contributed by atoms with E-state index in [4.69, 9.17) is 20.8 Å². The first-order valence-corrected chi connectivity index (χ1v) is 4.30. The molecule has 0 bridgehead atoms. The van der Waals surface area contributed by atoms with Gasteiger partial charge in [0.15, 0.2) is 0 Å². The lowest BCUT2D eigenvalue weighted by Gasteiger charge is -2.13. The maximum atomic E-state index is 10.7. The van der Waals surface area contributed by atoms with E-state index < -0.39 is 12.0 Å². The number of ether oxygens (including phenoxy) is 1. The summed E-state index contributed by atoms with van der Waals surface area (Å²) in [7, 11) is 1.32. The molecule has 0 aliphatic carbocycles. The van der Waals surface area contributed by atoms with Crippen molar-refractivity contribution in [2.24, 2.45) is 5.73 Å². The number of phenols is 1. The van der Waals surface area contributed by atoms with E-state index in [1.165, 1.54) is 13.2 Å². The monoisotopic (exact) mass is 222 g/mol. The van der Waals surface area contributed by atoms with E-state index in [1.807, 2.05) is 0 Å². The Balaban J connectivity index is 3.37. The lowest BCUT2D eigenvalue weighted by Crippen LogP contribution is -2.21. The fourth-order valence-corrected chi connectivity index (χ4v) is 1.23. The number of hydrogen-bond donors (Lipinski definition) is 3. The number of benzene rings is 1. The highest BCUT2D eigenvalue weighted by Crippen LogP contribution is 2.31. The molecule has 0 radical (unpaired) electrons. The average Bonchev–Trinajstić information content (AvgIpc) is 2.27. The third-order valence-electron chi connectivity index (χ3n) is 2.07. The minimum Gasteiger partial charge on any atom is -0.506 e. The van der Waals surface area contributed by atoms with Gasteiger partial charge in [-0.05, 0) is 6.07 Å². The van der Waals surface area contributed by atoms with Crippen LogP contribution >= 0.6 is 0 Å². The lowest BCUT2D eigenvalue weighted by atomic mass is 10.0. The molecular formula is C10H10N2O4. The molecule has 1 atom stereocenters. The van der Waals surface area contributed by atoms with Crippen LogP contribution in [0.3, 0.4) is 0 Å². The summed E-state index contributed by atoms with van der Waals surface area (Å²) in [5.74, 6) is -1.39. The van der Waals surface area contributed by atoms with Gasteiger partial charge in [0, 0.05) is 11.6 Å². The van der Waals surface area contributed by atoms with Gasteiger partial charge in [0.1, 0.15) is 23.6 Å². The first-order chi connectivity index (χ1) is 7.51. The van der Waals surface area contributed by atoms with E-state index >= 15 is 0 Å². The number of rotatable bonds is 3. The molecule has 6 heteroatoms. The van der Waals surface area contributed by atoms with E-state index in [0.717, 1.165) is 6.07 Å². The summed E-state index contributed by atoms with van der Waals surface area (Å²) >= 11 is 0. The van der Waals surface area contributed by atoms with E-state index in [0.29, 0.717) is 0 Å². The van der Waals surface area contributed by atoms with Crippen LogP contribution in [0.1, 0.15) is 17.2 Å². The van der Waals surface area contributed by atoms with Crippen molar-refractivity contribution >= 4 is 5.97 Å². The summed E-state index contributed by atoms with van der Waals surface area (Å²) in [6, 6.07) is 2.79. The van der Waals surface area contributed by atoms with Crippen molar-refractivity contribution in [3.8, 4) is 17.6 Å². The molecule has 1 rings (SSSR count). The number of hydrogen-bond acceptors (Lipinski definition) is 5. The number of carboxylic acid groups (broad SMARTS) is 1. The molecule has 0 saturated carbocycles. The molecule has 0 aliphatic rings. The second-order valence-corrected chi connectivity index (χ2v) is 3.04. The number of carbonyl (C=O) groups is 1. The number of nitriles is 1. The normalized spacial score (nSPS) is 11.6. The smallest absolute Gasteiger partial charge is 0.325 e. The van der Waals surface area contributed by atoms with Crippen LogP contribution in [-0.2, 0) is 4.79 Å². The lowest BCUT2D eigenvalue weighted by molar-refractivity contribution is -0.138. The first kappa shape index (κ1) is 11.8. The molecule has 16 heavy (non-hydrogen) atoms. The summed E-state index contributed by atoms with van der Waals surface area (Å²) in [5, 5.41) is 26.8. The molecule has 1 unspecified atom stereocenters. The molecule has 4 N–H and O–H groups in total. The Morgan fingerprint density at radius 1 is 1.62 bits per heavy atom. The first-order valence-electron chi connectivity index (χ1n) is 4.30. The molecule has 0 aromatic heterocycles. The van der Waals surface area contributed by atoms with Crippen LogP contribution in [0.5, 0.6) is 11.5 Å². The topological polar surface area (TPSA) is 117 Å². The van der Waals surface area contributed by atoms with Gasteiger partial charge < -0.3 is 20.7 Å². The maximum absolute atomic E-state index is 10.7. The highest BCUT2D eigenvalue weighted by molar-refractivity contribution is 5.77. The van der Waals surface area contributed by atoms with Crippen molar-refractivity contribution in [3.05, 3.63) is 23.3 Å². The predicted octanol–water partition coefficient (Wildman–Crippen LogP) is 0.357. The minimum absolute atomic E-state index is 0.0486. The number of nitrogens with zero attached hydrogens (tertiary/aromatic N) is 1. The van der Waals surface area contributed by atoms with Crippen LogP contribution in [0.2, 0.25) is 0 Å². The molecule has 0 fully saturated rings. The molecular weight excluding hydrogens is 212 g/mol. The molecule has 0 spiro atoms. The minimum atomic E-state index is -1.30. The molecule has 1 aromatic rings. The fraction of sp³-hybridized carbons (Fsp3) is 0.200. The quantitative estimate of drug-likeness (QED) is 0.679. The van der Waals surface area contributed by atoms with E-state index in [9.17, 15) is 9.90 Å². The fourth-order valence-electron chi connectivity index (χ4n) is 1.23. The zero-order chi connectivity index (χ0) is 12.3. The van der Waals surface area contributed by atoms with Gasteiger partial charge in [-0.3, -0.25) is 4.79 Å². The van der Waals surface area contributed by atoms with E-state index in [1.54, 1.807) is 6.07 Å². The Morgan fingerprint density at radius 3 is 2.69 bits per heavy atom. The van der Waals surface area contributed by atoms with Crippen LogP contribution in [0.4, 0.5) is 0 Å². The Bertz CT molecular complexity index is 465. The van der Waals surface area contributed by atoms with Gasteiger partial charge >= 0.3 is 5.97 Å². The Labute approximate surface area is 91.5 Å². The number of aromatic hydroxyl groups is 1. The van der Waals surface area contributed by atoms with Gasteiger partial charge in [-0.25, -0.2) is 0 Å². The van der Waals surface area contributed by atoms with Gasteiger partial charge in [0.25, 0.3) is 0 Å². The summed E-state index contributed by atoms with van der Waals surface area (Å²) in [6.07, 6.45) is 0. The molecule has 0 saturated heterocycles. The maximum Gasteiger partial charge on any atom is 0.325 e. The largest absolute Gasteiger partial charge is 0.506 e. The highest BCUT2D eigenvalue weighted by Gasteiger charge is 2.21. The summed E-state index contributed by atoms with van der Waals surface area (Å²) in [6.45, 7) is 0. The number of methoxy groups -OCH3 is 1. The zero-order valence-corrected chi connectivity index (χ0v) is 8.47. The third-order valence-corrected chi connectivity index (χ3v) is 2.07. The zero-order valence-electron chi connectivity index (χ0n) is 8.47.